The lowest BCUT2D eigenvalue weighted by atomic mass is 10.2. The molecule has 1 heterocycles. The molecule has 0 saturated carbocycles. The molecule has 0 amide bonds. The molecule has 2 rings (SSSR count). The summed E-state index contributed by atoms with van der Waals surface area (Å²) in [6, 6.07) is 4.89. The zero-order valence-corrected chi connectivity index (χ0v) is 8.83. The summed E-state index contributed by atoms with van der Waals surface area (Å²) < 4.78 is 12.9. The smallest absolute Gasteiger partial charge is 0.125 e. The van der Waals surface area contributed by atoms with E-state index in [0.717, 1.165) is 22.4 Å². The average molecular weight is 209 g/mol. The van der Waals surface area contributed by atoms with Crippen LogP contribution >= 0.6 is 11.8 Å². The van der Waals surface area contributed by atoms with Gasteiger partial charge in [0.05, 0.1) is 0 Å². The first-order valence-corrected chi connectivity index (χ1v) is 5.80. The Kier molecular flexibility index (Phi) is 2.77. The molecule has 0 radical (unpaired) electrons. The number of H-pyrrole nitrogens is 1. The maximum atomic E-state index is 12.9. The van der Waals surface area contributed by atoms with Crippen molar-refractivity contribution in [1.82, 2.24) is 4.98 Å². The standard InChI is InChI=1S/C11H12FNS/c1-2-14-7-8-6-13-11-5-9(12)3-4-10(8)11/h3-6,13H,2,7H2,1H3. The number of benzene rings is 1. The quantitative estimate of drug-likeness (QED) is 0.817. The molecule has 0 aliphatic carbocycles. The first-order chi connectivity index (χ1) is 6.81. The molecule has 1 nitrogen and oxygen atoms in total. The Balaban J connectivity index is 2.37. The number of halogens is 1. The first kappa shape index (κ1) is 9.59. The Bertz CT molecular complexity index is 436. The fourth-order valence-electron chi connectivity index (χ4n) is 1.49. The van der Waals surface area contributed by atoms with Crippen LogP contribution in [0, 0.1) is 5.82 Å². The number of fused-ring (bicyclic) bond motifs is 1. The minimum absolute atomic E-state index is 0.186. The van der Waals surface area contributed by atoms with Gasteiger partial charge in [0.1, 0.15) is 5.82 Å². The predicted molar refractivity (Wildman–Crippen MR) is 60.1 cm³/mol. The van der Waals surface area contributed by atoms with Crippen LogP contribution in [0.15, 0.2) is 24.4 Å². The van der Waals surface area contributed by atoms with Gasteiger partial charge in [-0.05, 0) is 29.5 Å². The number of aromatic nitrogens is 1. The molecule has 74 valence electrons. The van der Waals surface area contributed by atoms with Crippen LogP contribution in [0.1, 0.15) is 12.5 Å². The van der Waals surface area contributed by atoms with Crippen LogP contribution in [0.3, 0.4) is 0 Å². The highest BCUT2D eigenvalue weighted by Gasteiger charge is 2.03. The predicted octanol–water partition coefficient (Wildman–Crippen LogP) is 3.56. The molecule has 0 bridgehead atoms. The van der Waals surface area contributed by atoms with Crippen molar-refractivity contribution < 1.29 is 4.39 Å². The van der Waals surface area contributed by atoms with E-state index < -0.39 is 0 Å². The summed E-state index contributed by atoms with van der Waals surface area (Å²) in [7, 11) is 0. The Morgan fingerprint density at radius 2 is 2.29 bits per heavy atom. The Morgan fingerprint density at radius 3 is 3.07 bits per heavy atom. The fraction of sp³-hybridized carbons (Fsp3) is 0.273. The zero-order chi connectivity index (χ0) is 9.97. The van der Waals surface area contributed by atoms with Crippen molar-refractivity contribution in [3.05, 3.63) is 35.8 Å². The van der Waals surface area contributed by atoms with Crippen LogP contribution in [-0.4, -0.2) is 10.7 Å². The van der Waals surface area contributed by atoms with Crippen molar-refractivity contribution in [1.29, 1.82) is 0 Å². The van der Waals surface area contributed by atoms with Crippen LogP contribution in [-0.2, 0) is 5.75 Å². The Labute approximate surface area is 86.7 Å². The molecule has 0 saturated heterocycles. The largest absolute Gasteiger partial charge is 0.361 e. The Morgan fingerprint density at radius 1 is 1.43 bits per heavy atom. The van der Waals surface area contributed by atoms with E-state index in [-0.39, 0.29) is 5.82 Å². The summed E-state index contributed by atoms with van der Waals surface area (Å²) in [5.41, 5.74) is 2.14. The summed E-state index contributed by atoms with van der Waals surface area (Å²) in [4.78, 5) is 3.08. The monoisotopic (exact) mass is 209 g/mol. The second kappa shape index (κ2) is 4.05. The molecular weight excluding hydrogens is 197 g/mol. The molecule has 0 atom stereocenters. The van der Waals surface area contributed by atoms with Gasteiger partial charge in [0, 0.05) is 22.9 Å². The van der Waals surface area contributed by atoms with Crippen LogP contribution in [0.25, 0.3) is 10.9 Å². The van der Waals surface area contributed by atoms with Gasteiger partial charge in [0.15, 0.2) is 0 Å². The Hall–Kier alpha value is -0.960. The van der Waals surface area contributed by atoms with Crippen molar-refractivity contribution >= 4 is 22.7 Å². The third kappa shape index (κ3) is 1.77. The van der Waals surface area contributed by atoms with Crippen molar-refractivity contribution in [2.45, 2.75) is 12.7 Å². The van der Waals surface area contributed by atoms with Crippen LogP contribution < -0.4 is 0 Å². The molecule has 1 aromatic heterocycles. The average Bonchev–Trinajstić information content (AvgIpc) is 2.57. The molecule has 0 aliphatic rings. The van der Waals surface area contributed by atoms with Gasteiger partial charge in [0.25, 0.3) is 0 Å². The summed E-state index contributed by atoms with van der Waals surface area (Å²) >= 11 is 1.87. The van der Waals surface area contributed by atoms with Crippen molar-refractivity contribution in [2.24, 2.45) is 0 Å². The number of aromatic amines is 1. The van der Waals surface area contributed by atoms with E-state index in [9.17, 15) is 4.39 Å². The molecule has 1 aromatic carbocycles. The summed E-state index contributed by atoms with van der Waals surface area (Å²) in [6.45, 7) is 2.14. The van der Waals surface area contributed by atoms with E-state index in [0.29, 0.717) is 0 Å². The van der Waals surface area contributed by atoms with E-state index >= 15 is 0 Å². The molecule has 1 N–H and O–H groups in total. The maximum Gasteiger partial charge on any atom is 0.125 e. The lowest BCUT2D eigenvalue weighted by Gasteiger charge is -1.96. The fourth-order valence-corrected chi connectivity index (χ4v) is 2.15. The SMILES string of the molecule is CCSCc1c[nH]c2cc(F)ccc12. The van der Waals surface area contributed by atoms with E-state index in [1.54, 1.807) is 0 Å². The lowest BCUT2D eigenvalue weighted by Crippen LogP contribution is -1.78. The van der Waals surface area contributed by atoms with Gasteiger partial charge in [-0.25, -0.2) is 4.39 Å². The van der Waals surface area contributed by atoms with Crippen molar-refractivity contribution in [3.63, 3.8) is 0 Å². The molecular formula is C11H12FNS. The second-order valence-electron chi connectivity index (χ2n) is 3.14. The van der Waals surface area contributed by atoms with Gasteiger partial charge in [-0.15, -0.1) is 0 Å². The maximum absolute atomic E-state index is 12.9. The summed E-state index contributed by atoms with van der Waals surface area (Å²) in [5.74, 6) is 1.91. The zero-order valence-electron chi connectivity index (χ0n) is 8.01. The van der Waals surface area contributed by atoms with Crippen LogP contribution in [0.2, 0.25) is 0 Å². The molecule has 3 heteroatoms. The number of nitrogens with one attached hydrogen (secondary N) is 1. The molecule has 0 fully saturated rings. The summed E-state index contributed by atoms with van der Waals surface area (Å²) in [6.07, 6.45) is 1.97. The third-order valence-electron chi connectivity index (χ3n) is 2.19. The minimum Gasteiger partial charge on any atom is -0.361 e. The third-order valence-corrected chi connectivity index (χ3v) is 3.11. The first-order valence-electron chi connectivity index (χ1n) is 4.64. The second-order valence-corrected chi connectivity index (χ2v) is 4.42. The van der Waals surface area contributed by atoms with Crippen molar-refractivity contribution in [2.75, 3.05) is 5.75 Å². The highest BCUT2D eigenvalue weighted by atomic mass is 32.2. The normalized spacial score (nSPS) is 11.0. The topological polar surface area (TPSA) is 15.8 Å². The highest BCUT2D eigenvalue weighted by molar-refractivity contribution is 7.98. The summed E-state index contributed by atoms with van der Waals surface area (Å²) in [5, 5.41) is 1.13. The molecule has 0 unspecified atom stereocenters. The van der Waals surface area contributed by atoms with Gasteiger partial charge >= 0.3 is 0 Å². The lowest BCUT2D eigenvalue weighted by molar-refractivity contribution is 0.629. The van der Waals surface area contributed by atoms with E-state index in [2.05, 4.69) is 11.9 Å². The van der Waals surface area contributed by atoms with E-state index in [4.69, 9.17) is 0 Å². The van der Waals surface area contributed by atoms with Gasteiger partial charge in [-0.2, -0.15) is 11.8 Å². The van der Waals surface area contributed by atoms with Crippen LogP contribution in [0.5, 0.6) is 0 Å². The van der Waals surface area contributed by atoms with E-state index in [1.807, 2.05) is 24.0 Å². The van der Waals surface area contributed by atoms with Crippen molar-refractivity contribution in [3.8, 4) is 0 Å². The number of thioether (sulfide) groups is 1. The van der Waals surface area contributed by atoms with Crippen LogP contribution in [0.4, 0.5) is 4.39 Å². The van der Waals surface area contributed by atoms with Gasteiger partial charge in [-0.3, -0.25) is 0 Å². The van der Waals surface area contributed by atoms with E-state index in [1.165, 1.54) is 17.7 Å². The number of rotatable bonds is 3. The molecule has 14 heavy (non-hydrogen) atoms. The molecule has 0 aliphatic heterocycles. The van der Waals surface area contributed by atoms with Gasteiger partial charge < -0.3 is 4.98 Å². The molecule has 0 spiro atoms. The minimum atomic E-state index is -0.186. The molecule has 2 aromatic rings. The number of hydrogen-bond donors (Lipinski definition) is 1. The van der Waals surface area contributed by atoms with Gasteiger partial charge in [0.2, 0.25) is 0 Å². The highest BCUT2D eigenvalue weighted by Crippen LogP contribution is 2.22. The van der Waals surface area contributed by atoms with Gasteiger partial charge in [-0.1, -0.05) is 6.92 Å². The number of hydrogen-bond acceptors (Lipinski definition) is 1.